The number of amides is 1. The second-order valence-electron chi connectivity index (χ2n) is 4.31. The second kappa shape index (κ2) is 7.77. The molecule has 0 unspecified atom stereocenters. The highest BCUT2D eigenvalue weighted by Gasteiger charge is 2.09. The topological polar surface area (TPSA) is 54.0 Å². The van der Waals surface area contributed by atoms with Crippen LogP contribution >= 0.6 is 38.9 Å². The molecule has 0 saturated carbocycles. The van der Waals surface area contributed by atoms with Gasteiger partial charge in [-0.25, -0.2) is 4.98 Å². The zero-order valence-corrected chi connectivity index (χ0v) is 14.6. The smallest absolute Gasteiger partial charge is 0.251 e. The van der Waals surface area contributed by atoms with Gasteiger partial charge in [0.15, 0.2) is 0 Å². The first-order chi connectivity index (χ1) is 10.1. The molecule has 0 aliphatic heterocycles. The van der Waals surface area contributed by atoms with Crippen LogP contribution in [0.15, 0.2) is 28.1 Å². The highest BCUT2D eigenvalue weighted by atomic mass is 79.9. The molecular formula is C14H15BrClN3OS. The van der Waals surface area contributed by atoms with Crippen molar-refractivity contribution in [2.45, 2.75) is 13.3 Å². The van der Waals surface area contributed by atoms with Crippen LogP contribution in [0.5, 0.6) is 0 Å². The fraction of sp³-hybridized carbons (Fsp3) is 0.286. The summed E-state index contributed by atoms with van der Waals surface area (Å²) in [5.41, 5.74) is 0.512. The predicted octanol–water partition coefficient (Wildman–Crippen LogP) is 3.96. The minimum Gasteiger partial charge on any atom is -0.370 e. The molecule has 0 radical (unpaired) electrons. The molecule has 7 heteroatoms. The van der Waals surface area contributed by atoms with Crippen molar-refractivity contribution >= 4 is 50.6 Å². The van der Waals surface area contributed by atoms with E-state index in [0.29, 0.717) is 23.1 Å². The highest BCUT2D eigenvalue weighted by molar-refractivity contribution is 9.11. The number of nitrogens with one attached hydrogen (secondary N) is 2. The molecule has 0 aliphatic rings. The van der Waals surface area contributed by atoms with E-state index in [2.05, 4.69) is 31.5 Å². The van der Waals surface area contributed by atoms with Crippen LogP contribution in [0.25, 0.3) is 0 Å². The molecular weight excluding hydrogens is 374 g/mol. The molecule has 2 rings (SSSR count). The lowest BCUT2D eigenvalue weighted by Crippen LogP contribution is -2.25. The second-order valence-corrected chi connectivity index (χ2v) is 7.24. The van der Waals surface area contributed by atoms with E-state index in [-0.39, 0.29) is 5.91 Å². The number of nitrogens with zero attached hydrogens (tertiary/aromatic N) is 1. The molecule has 0 bridgehead atoms. The molecule has 2 heterocycles. The third-order valence-electron chi connectivity index (χ3n) is 2.70. The zero-order chi connectivity index (χ0) is 15.2. The van der Waals surface area contributed by atoms with Gasteiger partial charge in [0.1, 0.15) is 11.0 Å². The Morgan fingerprint density at radius 2 is 2.24 bits per heavy atom. The first kappa shape index (κ1) is 16.3. The van der Waals surface area contributed by atoms with Gasteiger partial charge in [-0.1, -0.05) is 11.6 Å². The summed E-state index contributed by atoms with van der Waals surface area (Å²) in [5.74, 6) is 0.464. The van der Waals surface area contributed by atoms with Crippen molar-refractivity contribution in [3.8, 4) is 0 Å². The lowest BCUT2D eigenvalue weighted by atomic mass is 10.2. The summed E-state index contributed by atoms with van der Waals surface area (Å²) < 4.78 is 1.10. The molecule has 2 aromatic heterocycles. The number of carbonyl (C=O) groups excluding carboxylic acids is 1. The van der Waals surface area contributed by atoms with Crippen LogP contribution in [-0.2, 0) is 6.42 Å². The number of hydrogen-bond donors (Lipinski definition) is 2. The molecule has 2 aromatic rings. The summed E-state index contributed by atoms with van der Waals surface area (Å²) in [6, 6.07) is 7.33. The Hall–Kier alpha value is -1.11. The Kier molecular flexibility index (Phi) is 6.02. The fourth-order valence-electron chi connectivity index (χ4n) is 1.79. The lowest BCUT2D eigenvalue weighted by Gasteiger charge is -2.07. The predicted molar refractivity (Wildman–Crippen MR) is 91.5 cm³/mol. The number of rotatable bonds is 6. The van der Waals surface area contributed by atoms with Crippen molar-refractivity contribution in [3.05, 3.63) is 43.6 Å². The molecule has 112 valence electrons. The number of carbonyl (C=O) groups is 1. The number of halogens is 2. The lowest BCUT2D eigenvalue weighted by molar-refractivity contribution is 0.0954. The zero-order valence-electron chi connectivity index (χ0n) is 11.5. The number of pyridine rings is 1. The van der Waals surface area contributed by atoms with Crippen LogP contribution in [-0.4, -0.2) is 24.0 Å². The van der Waals surface area contributed by atoms with Gasteiger partial charge in [-0.2, -0.15) is 0 Å². The maximum atomic E-state index is 12.1. The summed E-state index contributed by atoms with van der Waals surface area (Å²) in [7, 11) is 0. The van der Waals surface area contributed by atoms with Crippen molar-refractivity contribution in [2.24, 2.45) is 0 Å². The fourth-order valence-corrected chi connectivity index (χ4v) is 3.48. The van der Waals surface area contributed by atoms with Crippen LogP contribution in [0.1, 0.15) is 22.2 Å². The average Bonchev–Trinajstić information content (AvgIpc) is 2.84. The third-order valence-corrected chi connectivity index (χ3v) is 4.58. The van der Waals surface area contributed by atoms with Crippen LogP contribution < -0.4 is 10.6 Å². The summed E-state index contributed by atoms with van der Waals surface area (Å²) >= 11 is 11.0. The summed E-state index contributed by atoms with van der Waals surface area (Å²) in [6.45, 7) is 3.27. The molecule has 0 saturated heterocycles. The van der Waals surface area contributed by atoms with Gasteiger partial charge in [-0.15, -0.1) is 11.3 Å². The highest BCUT2D eigenvalue weighted by Crippen LogP contribution is 2.22. The van der Waals surface area contributed by atoms with Gasteiger partial charge in [0, 0.05) is 23.5 Å². The van der Waals surface area contributed by atoms with Gasteiger partial charge in [0.05, 0.1) is 3.79 Å². The summed E-state index contributed by atoms with van der Waals surface area (Å²) in [4.78, 5) is 17.5. The molecule has 21 heavy (non-hydrogen) atoms. The van der Waals surface area contributed by atoms with Crippen molar-refractivity contribution in [1.82, 2.24) is 10.3 Å². The Morgan fingerprint density at radius 1 is 1.43 bits per heavy atom. The van der Waals surface area contributed by atoms with Crippen LogP contribution in [0.4, 0.5) is 5.82 Å². The van der Waals surface area contributed by atoms with Crippen LogP contribution in [0.3, 0.4) is 0 Å². The number of thiophene rings is 1. The summed E-state index contributed by atoms with van der Waals surface area (Å²) in [5, 5.41) is 6.25. The van der Waals surface area contributed by atoms with E-state index in [1.807, 2.05) is 19.1 Å². The molecule has 0 aliphatic carbocycles. The van der Waals surface area contributed by atoms with Gasteiger partial charge in [0.25, 0.3) is 5.91 Å². The van der Waals surface area contributed by atoms with Crippen molar-refractivity contribution in [3.63, 3.8) is 0 Å². The van der Waals surface area contributed by atoms with E-state index >= 15 is 0 Å². The average molecular weight is 389 g/mol. The number of anilines is 1. The Morgan fingerprint density at radius 3 is 2.90 bits per heavy atom. The van der Waals surface area contributed by atoms with E-state index in [1.165, 1.54) is 4.88 Å². The molecule has 0 spiro atoms. The van der Waals surface area contributed by atoms with Gasteiger partial charge in [0.2, 0.25) is 0 Å². The van der Waals surface area contributed by atoms with Crippen LogP contribution in [0, 0.1) is 0 Å². The van der Waals surface area contributed by atoms with E-state index in [4.69, 9.17) is 11.6 Å². The molecule has 0 aromatic carbocycles. The quantitative estimate of drug-likeness (QED) is 0.736. The Labute approximate surface area is 141 Å². The number of hydrogen-bond acceptors (Lipinski definition) is 4. The van der Waals surface area contributed by atoms with Crippen LogP contribution in [0.2, 0.25) is 5.15 Å². The molecule has 0 atom stereocenters. The Balaban J connectivity index is 1.93. The molecule has 4 nitrogen and oxygen atoms in total. The first-order valence-electron chi connectivity index (χ1n) is 6.52. The third kappa shape index (κ3) is 4.98. The SMILES string of the molecule is CCNc1cc(C(=O)NCCc2ccc(Br)s2)cc(Cl)n1. The summed E-state index contributed by atoms with van der Waals surface area (Å²) in [6.07, 6.45) is 0.806. The minimum absolute atomic E-state index is 0.144. The largest absolute Gasteiger partial charge is 0.370 e. The molecule has 2 N–H and O–H groups in total. The monoisotopic (exact) mass is 387 g/mol. The van der Waals surface area contributed by atoms with E-state index in [1.54, 1.807) is 23.5 Å². The maximum absolute atomic E-state index is 12.1. The standard InChI is InChI=1S/C14H15BrClN3OS/c1-2-17-13-8-9(7-12(16)19-13)14(20)18-6-5-10-3-4-11(15)21-10/h3-4,7-8H,2,5-6H2,1H3,(H,17,19)(H,18,20). The van der Waals surface area contributed by atoms with Gasteiger partial charge < -0.3 is 10.6 Å². The van der Waals surface area contributed by atoms with Crippen molar-refractivity contribution in [2.75, 3.05) is 18.4 Å². The van der Waals surface area contributed by atoms with E-state index < -0.39 is 0 Å². The minimum atomic E-state index is -0.144. The number of aromatic nitrogens is 1. The van der Waals surface area contributed by atoms with Gasteiger partial charge in [-0.3, -0.25) is 4.79 Å². The van der Waals surface area contributed by atoms with E-state index in [9.17, 15) is 4.79 Å². The molecule has 0 fully saturated rings. The Bertz CT molecular complexity index is 632. The normalized spacial score (nSPS) is 10.4. The van der Waals surface area contributed by atoms with Gasteiger partial charge >= 0.3 is 0 Å². The first-order valence-corrected chi connectivity index (χ1v) is 8.51. The van der Waals surface area contributed by atoms with Crippen molar-refractivity contribution in [1.29, 1.82) is 0 Å². The van der Waals surface area contributed by atoms with Crippen molar-refractivity contribution < 1.29 is 4.79 Å². The maximum Gasteiger partial charge on any atom is 0.251 e. The van der Waals surface area contributed by atoms with E-state index in [0.717, 1.165) is 16.8 Å². The molecule has 1 amide bonds. The van der Waals surface area contributed by atoms with Gasteiger partial charge in [-0.05, 0) is 53.5 Å².